The lowest BCUT2D eigenvalue weighted by Crippen LogP contribution is -2.44. The first-order valence-corrected chi connectivity index (χ1v) is 9.03. The predicted octanol–water partition coefficient (Wildman–Crippen LogP) is 1.73. The van der Waals surface area contributed by atoms with Crippen LogP contribution in [0.3, 0.4) is 0 Å². The Kier molecular flexibility index (Phi) is 5.38. The number of anilines is 1. The van der Waals surface area contributed by atoms with E-state index in [9.17, 15) is 13.5 Å². The number of sulfonamides is 1. The van der Waals surface area contributed by atoms with Gasteiger partial charge >= 0.3 is 0 Å². The van der Waals surface area contributed by atoms with E-state index in [4.69, 9.17) is 14.2 Å². The zero-order valence-electron chi connectivity index (χ0n) is 13.5. The van der Waals surface area contributed by atoms with Crippen molar-refractivity contribution in [3.8, 4) is 11.5 Å². The van der Waals surface area contributed by atoms with Crippen LogP contribution >= 0.6 is 0 Å². The van der Waals surface area contributed by atoms with Gasteiger partial charge in [0.05, 0.1) is 25.5 Å². The fourth-order valence-electron chi connectivity index (χ4n) is 2.63. The smallest absolute Gasteiger partial charge is 0.235 e. The Hall–Kier alpha value is -1.51. The molecule has 1 fully saturated rings. The van der Waals surface area contributed by atoms with Crippen LogP contribution < -0.4 is 9.46 Å². The van der Waals surface area contributed by atoms with Gasteiger partial charge in [-0.3, -0.25) is 4.72 Å². The Bertz CT molecular complexity index is 637. The Balaban J connectivity index is 2.15. The molecular formula is C15H23NO6S. The largest absolute Gasteiger partial charge is 0.504 e. The minimum atomic E-state index is -3.65. The quantitative estimate of drug-likeness (QED) is 0.731. The summed E-state index contributed by atoms with van der Waals surface area (Å²) in [7, 11) is -2.25. The average Bonchev–Trinajstić information content (AvgIpc) is 2.86. The fraction of sp³-hybridized carbons (Fsp3) is 0.600. The summed E-state index contributed by atoms with van der Waals surface area (Å²) in [5.74, 6) is -0.0525. The Labute approximate surface area is 136 Å². The fourth-order valence-corrected chi connectivity index (χ4v) is 4.18. The van der Waals surface area contributed by atoms with Crippen molar-refractivity contribution in [2.24, 2.45) is 0 Å². The standard InChI is InChI=1S/C15H23NO6S/c1-11(2)22-15(6-7-21-9-15)10-23(18,19)16-12-4-5-13(17)14(8-12)20-3/h4-5,8,11,16-17H,6-7,9-10H2,1-3H3. The van der Waals surface area contributed by atoms with E-state index < -0.39 is 15.6 Å². The molecule has 1 saturated heterocycles. The third-order valence-electron chi connectivity index (χ3n) is 3.46. The van der Waals surface area contributed by atoms with Gasteiger partial charge in [0.25, 0.3) is 0 Å². The molecule has 1 atom stereocenters. The number of hydrogen-bond acceptors (Lipinski definition) is 6. The van der Waals surface area contributed by atoms with Crippen LogP contribution in [0.2, 0.25) is 0 Å². The van der Waals surface area contributed by atoms with Gasteiger partial charge in [0.2, 0.25) is 10.0 Å². The number of hydrogen-bond donors (Lipinski definition) is 2. The first-order valence-electron chi connectivity index (χ1n) is 7.38. The minimum Gasteiger partial charge on any atom is -0.504 e. The van der Waals surface area contributed by atoms with Gasteiger partial charge in [-0.05, 0) is 26.0 Å². The van der Waals surface area contributed by atoms with Crippen LogP contribution in [0.15, 0.2) is 18.2 Å². The molecule has 1 aromatic carbocycles. The molecule has 0 bridgehead atoms. The molecule has 130 valence electrons. The topological polar surface area (TPSA) is 94.1 Å². The normalized spacial score (nSPS) is 21.6. The summed E-state index contributed by atoms with van der Waals surface area (Å²) in [6.45, 7) is 4.47. The number of aromatic hydroxyl groups is 1. The number of rotatable bonds is 7. The molecule has 1 unspecified atom stereocenters. The lowest BCUT2D eigenvalue weighted by molar-refractivity contribution is -0.0669. The summed E-state index contributed by atoms with van der Waals surface area (Å²) in [5, 5.41) is 9.56. The third kappa shape index (κ3) is 4.73. The lowest BCUT2D eigenvalue weighted by atomic mass is 10.1. The molecule has 1 aliphatic heterocycles. The molecule has 7 nitrogen and oxygen atoms in total. The van der Waals surface area contributed by atoms with E-state index in [1.165, 1.54) is 25.3 Å². The monoisotopic (exact) mass is 345 g/mol. The predicted molar refractivity (Wildman–Crippen MR) is 86.5 cm³/mol. The summed E-state index contributed by atoms with van der Waals surface area (Å²) in [5.41, 5.74) is -0.515. The van der Waals surface area contributed by atoms with Crippen LogP contribution in [0.1, 0.15) is 20.3 Å². The molecule has 1 aromatic rings. The number of phenolic OH excluding ortho intramolecular Hbond substituents is 1. The minimum absolute atomic E-state index is 0.0562. The van der Waals surface area contributed by atoms with E-state index in [0.717, 1.165) is 0 Å². The number of phenols is 1. The van der Waals surface area contributed by atoms with Crippen LogP contribution in [0.25, 0.3) is 0 Å². The van der Waals surface area contributed by atoms with E-state index in [-0.39, 0.29) is 30.0 Å². The Morgan fingerprint density at radius 1 is 1.43 bits per heavy atom. The van der Waals surface area contributed by atoms with Crippen molar-refractivity contribution >= 4 is 15.7 Å². The summed E-state index contributed by atoms with van der Waals surface area (Å²) in [6, 6.07) is 4.26. The van der Waals surface area contributed by atoms with E-state index in [1.807, 2.05) is 13.8 Å². The highest BCUT2D eigenvalue weighted by molar-refractivity contribution is 7.92. The molecule has 1 heterocycles. The molecule has 0 aromatic heterocycles. The second kappa shape index (κ2) is 6.94. The van der Waals surface area contributed by atoms with Crippen LogP contribution in [-0.2, 0) is 19.5 Å². The van der Waals surface area contributed by atoms with E-state index in [1.54, 1.807) is 0 Å². The molecule has 8 heteroatoms. The Morgan fingerprint density at radius 2 is 2.17 bits per heavy atom. The van der Waals surface area contributed by atoms with Crippen molar-refractivity contribution in [3.05, 3.63) is 18.2 Å². The highest BCUT2D eigenvalue weighted by Crippen LogP contribution is 2.31. The number of benzene rings is 1. The van der Waals surface area contributed by atoms with Gasteiger partial charge < -0.3 is 19.3 Å². The molecule has 0 radical (unpaired) electrons. The van der Waals surface area contributed by atoms with E-state index >= 15 is 0 Å². The van der Waals surface area contributed by atoms with Gasteiger partial charge in [-0.1, -0.05) is 0 Å². The zero-order valence-corrected chi connectivity index (χ0v) is 14.4. The second-order valence-electron chi connectivity index (χ2n) is 5.90. The number of nitrogens with one attached hydrogen (secondary N) is 1. The highest BCUT2D eigenvalue weighted by Gasteiger charge is 2.41. The van der Waals surface area contributed by atoms with Gasteiger partial charge in [-0.2, -0.15) is 0 Å². The maximum absolute atomic E-state index is 12.5. The maximum atomic E-state index is 12.5. The van der Waals surface area contributed by atoms with Crippen molar-refractivity contribution in [2.45, 2.75) is 32.0 Å². The number of ether oxygens (including phenoxy) is 3. The summed E-state index contributed by atoms with van der Waals surface area (Å²) in [4.78, 5) is 0. The SMILES string of the molecule is COc1cc(NS(=O)(=O)CC2(OC(C)C)CCOC2)ccc1O. The highest BCUT2D eigenvalue weighted by atomic mass is 32.2. The molecular weight excluding hydrogens is 322 g/mol. The molecule has 2 rings (SSSR count). The van der Waals surface area contributed by atoms with Crippen molar-refractivity contribution in [3.63, 3.8) is 0 Å². The number of methoxy groups -OCH3 is 1. The van der Waals surface area contributed by atoms with Crippen LogP contribution in [0.5, 0.6) is 11.5 Å². The van der Waals surface area contributed by atoms with Crippen molar-refractivity contribution < 1.29 is 27.7 Å². The van der Waals surface area contributed by atoms with Gasteiger partial charge in [-0.25, -0.2) is 8.42 Å². The van der Waals surface area contributed by atoms with E-state index in [0.29, 0.717) is 18.7 Å². The second-order valence-corrected chi connectivity index (χ2v) is 7.62. The molecule has 23 heavy (non-hydrogen) atoms. The third-order valence-corrected chi connectivity index (χ3v) is 4.91. The Morgan fingerprint density at radius 3 is 2.74 bits per heavy atom. The van der Waals surface area contributed by atoms with Crippen molar-refractivity contribution in [1.82, 2.24) is 0 Å². The first kappa shape index (κ1) is 17.8. The van der Waals surface area contributed by atoms with Gasteiger partial charge in [0.15, 0.2) is 11.5 Å². The summed E-state index contributed by atoms with van der Waals surface area (Å²) >= 11 is 0. The van der Waals surface area contributed by atoms with E-state index in [2.05, 4.69) is 4.72 Å². The lowest BCUT2D eigenvalue weighted by Gasteiger charge is -2.29. The maximum Gasteiger partial charge on any atom is 0.235 e. The van der Waals surface area contributed by atoms with Gasteiger partial charge in [-0.15, -0.1) is 0 Å². The van der Waals surface area contributed by atoms with Crippen LogP contribution in [-0.4, -0.2) is 51.3 Å². The molecule has 0 aliphatic carbocycles. The first-order chi connectivity index (χ1) is 10.8. The van der Waals surface area contributed by atoms with Gasteiger partial charge in [0.1, 0.15) is 11.4 Å². The van der Waals surface area contributed by atoms with Crippen LogP contribution in [0, 0.1) is 0 Å². The molecule has 1 aliphatic rings. The van der Waals surface area contributed by atoms with Gasteiger partial charge in [0, 0.05) is 19.1 Å². The molecule has 2 N–H and O–H groups in total. The summed E-state index contributed by atoms with van der Waals surface area (Å²) < 4.78 is 43.6. The van der Waals surface area contributed by atoms with Crippen LogP contribution in [0.4, 0.5) is 5.69 Å². The summed E-state index contributed by atoms with van der Waals surface area (Å²) in [6.07, 6.45) is 0.436. The van der Waals surface area contributed by atoms with Crippen molar-refractivity contribution in [1.29, 1.82) is 0 Å². The zero-order chi connectivity index (χ0) is 17.1. The van der Waals surface area contributed by atoms with Crippen molar-refractivity contribution in [2.75, 3.05) is 30.8 Å². The average molecular weight is 345 g/mol. The molecule has 0 spiro atoms. The molecule has 0 amide bonds. The molecule has 0 saturated carbocycles.